The predicted octanol–water partition coefficient (Wildman–Crippen LogP) is 2.11. The Morgan fingerprint density at radius 1 is 1.28 bits per heavy atom. The van der Waals surface area contributed by atoms with Gasteiger partial charge in [-0.1, -0.05) is 18.2 Å². The first-order chi connectivity index (χ1) is 8.49. The summed E-state index contributed by atoms with van der Waals surface area (Å²) < 4.78 is 6.97. The summed E-state index contributed by atoms with van der Waals surface area (Å²) in [6.07, 6.45) is 1.72. The lowest BCUT2D eigenvalue weighted by Gasteiger charge is -2.19. The van der Waals surface area contributed by atoms with E-state index in [0.717, 1.165) is 5.69 Å². The standard InChI is InChI=1S/C13H14N2O3/c1-13(2,12(16)17)18-11-8-9-15(14-11)10-6-4-3-5-7-10/h3-9H,1-2H3,(H,16,17). The Labute approximate surface area is 105 Å². The Bertz CT molecular complexity index is 546. The highest BCUT2D eigenvalue weighted by atomic mass is 16.5. The molecular formula is C13H14N2O3. The van der Waals surface area contributed by atoms with Crippen LogP contribution in [0.25, 0.3) is 5.69 Å². The summed E-state index contributed by atoms with van der Waals surface area (Å²) in [5.41, 5.74) is -0.406. The highest BCUT2D eigenvalue weighted by Crippen LogP contribution is 2.17. The van der Waals surface area contributed by atoms with Crippen LogP contribution in [0.2, 0.25) is 0 Å². The predicted molar refractivity (Wildman–Crippen MR) is 65.9 cm³/mol. The number of ether oxygens (including phenoxy) is 1. The van der Waals surface area contributed by atoms with Crippen molar-refractivity contribution in [3.8, 4) is 11.6 Å². The maximum Gasteiger partial charge on any atom is 0.347 e. The zero-order valence-electron chi connectivity index (χ0n) is 10.2. The molecule has 5 heteroatoms. The number of carboxylic acid groups (broad SMARTS) is 1. The van der Waals surface area contributed by atoms with E-state index in [1.54, 1.807) is 16.9 Å². The molecule has 0 saturated carbocycles. The molecule has 5 nitrogen and oxygen atoms in total. The van der Waals surface area contributed by atoms with Crippen LogP contribution in [0.3, 0.4) is 0 Å². The van der Waals surface area contributed by atoms with Crippen molar-refractivity contribution in [2.75, 3.05) is 0 Å². The minimum absolute atomic E-state index is 0.284. The van der Waals surface area contributed by atoms with Crippen molar-refractivity contribution in [2.24, 2.45) is 0 Å². The van der Waals surface area contributed by atoms with Gasteiger partial charge in [-0.05, 0) is 26.0 Å². The first kappa shape index (κ1) is 12.2. The summed E-state index contributed by atoms with van der Waals surface area (Å²) in [5.74, 6) is -0.747. The van der Waals surface area contributed by atoms with Crippen LogP contribution in [0.4, 0.5) is 0 Å². The van der Waals surface area contributed by atoms with Crippen LogP contribution in [-0.4, -0.2) is 26.5 Å². The molecule has 0 aliphatic rings. The lowest BCUT2D eigenvalue weighted by molar-refractivity contribution is -0.152. The number of hydrogen-bond donors (Lipinski definition) is 1. The van der Waals surface area contributed by atoms with Crippen LogP contribution in [0.15, 0.2) is 42.6 Å². The smallest absolute Gasteiger partial charge is 0.347 e. The second-order valence-corrected chi connectivity index (χ2v) is 4.35. The van der Waals surface area contributed by atoms with Gasteiger partial charge in [0.1, 0.15) is 0 Å². The van der Waals surface area contributed by atoms with Crippen LogP contribution in [0.1, 0.15) is 13.8 Å². The van der Waals surface area contributed by atoms with Gasteiger partial charge in [-0.2, -0.15) is 0 Å². The SMILES string of the molecule is CC(C)(Oc1ccn(-c2ccccc2)n1)C(=O)O. The minimum Gasteiger partial charge on any atom is -0.478 e. The molecule has 0 atom stereocenters. The van der Waals surface area contributed by atoms with Gasteiger partial charge in [-0.25, -0.2) is 9.48 Å². The Kier molecular flexibility index (Phi) is 3.06. The fraction of sp³-hybridized carbons (Fsp3) is 0.231. The number of aliphatic carboxylic acids is 1. The van der Waals surface area contributed by atoms with E-state index in [4.69, 9.17) is 9.84 Å². The van der Waals surface area contributed by atoms with Crippen LogP contribution in [0, 0.1) is 0 Å². The first-order valence-corrected chi connectivity index (χ1v) is 5.52. The van der Waals surface area contributed by atoms with Crippen molar-refractivity contribution in [1.82, 2.24) is 9.78 Å². The first-order valence-electron chi connectivity index (χ1n) is 5.52. The van der Waals surface area contributed by atoms with Gasteiger partial charge in [0, 0.05) is 12.3 Å². The summed E-state index contributed by atoms with van der Waals surface area (Å²) in [6.45, 7) is 2.97. The minimum atomic E-state index is -1.30. The van der Waals surface area contributed by atoms with Gasteiger partial charge in [-0.3, -0.25) is 0 Å². The largest absolute Gasteiger partial charge is 0.478 e. The van der Waals surface area contributed by atoms with E-state index < -0.39 is 11.6 Å². The van der Waals surface area contributed by atoms with Crippen molar-refractivity contribution in [3.05, 3.63) is 42.6 Å². The third-order valence-electron chi connectivity index (χ3n) is 2.46. The van der Waals surface area contributed by atoms with E-state index in [1.807, 2.05) is 30.3 Å². The zero-order chi connectivity index (χ0) is 13.2. The third-order valence-corrected chi connectivity index (χ3v) is 2.46. The number of benzene rings is 1. The average Bonchev–Trinajstić information content (AvgIpc) is 2.78. The number of aromatic nitrogens is 2. The number of rotatable bonds is 4. The molecule has 0 radical (unpaired) electrons. The van der Waals surface area contributed by atoms with Crippen LogP contribution in [0.5, 0.6) is 5.88 Å². The average molecular weight is 246 g/mol. The second-order valence-electron chi connectivity index (χ2n) is 4.35. The monoisotopic (exact) mass is 246 g/mol. The summed E-state index contributed by atoms with van der Waals surface area (Å²) in [7, 11) is 0. The molecule has 1 aromatic heterocycles. The summed E-state index contributed by atoms with van der Waals surface area (Å²) in [4.78, 5) is 10.9. The Morgan fingerprint density at radius 3 is 2.56 bits per heavy atom. The molecular weight excluding hydrogens is 232 g/mol. The molecule has 2 rings (SSSR count). The molecule has 1 N–H and O–H groups in total. The van der Waals surface area contributed by atoms with Gasteiger partial charge in [0.05, 0.1) is 5.69 Å². The van der Waals surface area contributed by atoms with Crippen molar-refractivity contribution in [1.29, 1.82) is 0 Å². The number of hydrogen-bond acceptors (Lipinski definition) is 3. The topological polar surface area (TPSA) is 64.4 Å². The zero-order valence-corrected chi connectivity index (χ0v) is 10.2. The molecule has 18 heavy (non-hydrogen) atoms. The van der Waals surface area contributed by atoms with Crippen LogP contribution < -0.4 is 4.74 Å². The summed E-state index contributed by atoms with van der Waals surface area (Å²) in [5, 5.41) is 13.1. The molecule has 0 aliphatic heterocycles. The van der Waals surface area contributed by atoms with Crippen molar-refractivity contribution in [2.45, 2.75) is 19.4 Å². The molecule has 0 fully saturated rings. The van der Waals surface area contributed by atoms with E-state index in [0.29, 0.717) is 0 Å². The van der Waals surface area contributed by atoms with Gasteiger partial charge in [-0.15, -0.1) is 5.10 Å². The molecule has 2 aromatic rings. The Hall–Kier alpha value is -2.30. The van der Waals surface area contributed by atoms with E-state index >= 15 is 0 Å². The van der Waals surface area contributed by atoms with Gasteiger partial charge >= 0.3 is 5.97 Å². The van der Waals surface area contributed by atoms with E-state index in [2.05, 4.69) is 5.10 Å². The molecule has 94 valence electrons. The van der Waals surface area contributed by atoms with Crippen molar-refractivity contribution in [3.63, 3.8) is 0 Å². The van der Waals surface area contributed by atoms with Crippen molar-refractivity contribution >= 4 is 5.97 Å². The van der Waals surface area contributed by atoms with Gasteiger partial charge in [0.25, 0.3) is 0 Å². The van der Waals surface area contributed by atoms with E-state index in [-0.39, 0.29) is 5.88 Å². The highest BCUT2D eigenvalue weighted by molar-refractivity contribution is 5.76. The number of para-hydroxylation sites is 1. The molecule has 0 saturated heterocycles. The second kappa shape index (κ2) is 4.52. The number of nitrogens with zero attached hydrogens (tertiary/aromatic N) is 2. The van der Waals surface area contributed by atoms with Gasteiger partial charge in [0.15, 0.2) is 0 Å². The lowest BCUT2D eigenvalue weighted by Crippen LogP contribution is -2.38. The maximum atomic E-state index is 10.9. The molecule has 0 aliphatic carbocycles. The maximum absolute atomic E-state index is 10.9. The Morgan fingerprint density at radius 2 is 1.94 bits per heavy atom. The lowest BCUT2D eigenvalue weighted by atomic mass is 10.1. The van der Waals surface area contributed by atoms with Gasteiger partial charge in [0.2, 0.25) is 11.5 Å². The summed E-state index contributed by atoms with van der Waals surface area (Å²) >= 11 is 0. The summed E-state index contributed by atoms with van der Waals surface area (Å²) in [6, 6.07) is 11.2. The van der Waals surface area contributed by atoms with Crippen molar-refractivity contribution < 1.29 is 14.6 Å². The van der Waals surface area contributed by atoms with Gasteiger partial charge < -0.3 is 9.84 Å². The fourth-order valence-electron chi connectivity index (χ4n) is 1.39. The number of carboxylic acids is 1. The Balaban J connectivity index is 2.19. The quantitative estimate of drug-likeness (QED) is 0.897. The molecule has 0 spiro atoms. The van der Waals surface area contributed by atoms with Crippen LogP contribution >= 0.6 is 0 Å². The molecule has 0 bridgehead atoms. The normalized spacial score (nSPS) is 11.2. The molecule has 0 amide bonds. The third kappa shape index (κ3) is 2.51. The molecule has 1 heterocycles. The molecule has 0 unspecified atom stereocenters. The fourth-order valence-corrected chi connectivity index (χ4v) is 1.39. The van der Waals surface area contributed by atoms with E-state index in [1.165, 1.54) is 13.8 Å². The van der Waals surface area contributed by atoms with E-state index in [9.17, 15) is 4.79 Å². The van der Waals surface area contributed by atoms with Crippen LogP contribution in [-0.2, 0) is 4.79 Å². The number of carbonyl (C=O) groups is 1. The highest BCUT2D eigenvalue weighted by Gasteiger charge is 2.30. The molecule has 1 aromatic carbocycles.